The monoisotopic (exact) mass is 406 g/mol. The highest BCUT2D eigenvalue weighted by Gasteiger charge is 2.20. The first kappa shape index (κ1) is 18.8. The van der Waals surface area contributed by atoms with Crippen LogP contribution in [-0.4, -0.2) is 25.1 Å². The number of benzene rings is 2. The second-order valence-electron chi connectivity index (χ2n) is 5.31. The van der Waals surface area contributed by atoms with Crippen molar-refractivity contribution < 1.29 is 19.1 Å². The number of hydrogen-bond donors (Lipinski definition) is 2. The van der Waals surface area contributed by atoms with Gasteiger partial charge in [0.25, 0.3) is 5.91 Å². The molecule has 0 aliphatic heterocycles. The molecule has 0 fully saturated rings. The fraction of sp³-hybridized carbons (Fsp3) is 0.222. The number of esters is 1. The summed E-state index contributed by atoms with van der Waals surface area (Å²) in [6.07, 6.45) is -0.958. The summed E-state index contributed by atoms with van der Waals surface area (Å²) in [5.41, 5.74) is 7.09. The SMILES string of the molecule is COc1ccccc1CNC(=O)C(C)OC(=O)c1cc(Br)ccc1N. The van der Waals surface area contributed by atoms with Gasteiger partial charge in [0, 0.05) is 22.3 Å². The number of halogens is 1. The molecular weight excluding hydrogens is 388 g/mol. The van der Waals surface area contributed by atoms with E-state index in [-0.39, 0.29) is 17.8 Å². The van der Waals surface area contributed by atoms with Gasteiger partial charge in [-0.2, -0.15) is 0 Å². The van der Waals surface area contributed by atoms with E-state index in [4.69, 9.17) is 15.2 Å². The predicted molar refractivity (Wildman–Crippen MR) is 98.3 cm³/mol. The normalized spacial score (nSPS) is 11.5. The van der Waals surface area contributed by atoms with Crippen LogP contribution in [0.5, 0.6) is 5.75 Å². The minimum absolute atomic E-state index is 0.207. The minimum Gasteiger partial charge on any atom is -0.496 e. The van der Waals surface area contributed by atoms with Gasteiger partial charge in [-0.05, 0) is 31.2 Å². The molecule has 0 aliphatic carbocycles. The lowest BCUT2D eigenvalue weighted by Gasteiger charge is -2.15. The lowest BCUT2D eigenvalue weighted by atomic mass is 10.2. The molecule has 6 nitrogen and oxygen atoms in total. The van der Waals surface area contributed by atoms with Crippen LogP contribution >= 0.6 is 15.9 Å². The molecule has 1 atom stereocenters. The van der Waals surface area contributed by atoms with Crippen molar-refractivity contribution in [3.63, 3.8) is 0 Å². The van der Waals surface area contributed by atoms with E-state index in [1.165, 1.54) is 6.92 Å². The van der Waals surface area contributed by atoms with Gasteiger partial charge >= 0.3 is 5.97 Å². The Labute approximate surface area is 154 Å². The first-order chi connectivity index (χ1) is 11.9. The Morgan fingerprint density at radius 2 is 1.96 bits per heavy atom. The molecule has 0 spiro atoms. The van der Waals surface area contributed by atoms with E-state index < -0.39 is 18.0 Å². The summed E-state index contributed by atoms with van der Waals surface area (Å²) in [5.74, 6) is -0.388. The van der Waals surface area contributed by atoms with Crippen LogP contribution in [0.4, 0.5) is 5.69 Å². The maximum atomic E-state index is 12.2. The van der Waals surface area contributed by atoms with Crippen molar-refractivity contribution in [1.82, 2.24) is 5.32 Å². The smallest absolute Gasteiger partial charge is 0.341 e. The average molecular weight is 407 g/mol. The minimum atomic E-state index is -0.958. The van der Waals surface area contributed by atoms with Gasteiger partial charge in [-0.3, -0.25) is 4.79 Å². The number of anilines is 1. The third-order valence-electron chi connectivity index (χ3n) is 3.53. The molecule has 2 rings (SSSR count). The fourth-order valence-corrected chi connectivity index (χ4v) is 2.52. The van der Waals surface area contributed by atoms with Crippen molar-refractivity contribution in [3.8, 4) is 5.75 Å². The van der Waals surface area contributed by atoms with Crippen LogP contribution in [0.25, 0.3) is 0 Å². The molecule has 25 heavy (non-hydrogen) atoms. The molecule has 0 radical (unpaired) electrons. The number of methoxy groups -OCH3 is 1. The first-order valence-corrected chi connectivity index (χ1v) is 8.37. The Balaban J connectivity index is 1.96. The van der Waals surface area contributed by atoms with E-state index in [1.807, 2.05) is 18.2 Å². The third-order valence-corrected chi connectivity index (χ3v) is 4.03. The van der Waals surface area contributed by atoms with Crippen molar-refractivity contribution in [3.05, 3.63) is 58.1 Å². The van der Waals surface area contributed by atoms with Gasteiger partial charge in [0.05, 0.1) is 12.7 Å². The van der Waals surface area contributed by atoms with Gasteiger partial charge in [0.15, 0.2) is 6.10 Å². The standard InChI is InChI=1S/C18H19BrN2O4/c1-11(25-18(23)14-9-13(19)7-8-15(14)20)17(22)21-10-12-5-3-4-6-16(12)24-2/h3-9,11H,10,20H2,1-2H3,(H,21,22). The summed E-state index contributed by atoms with van der Waals surface area (Å²) in [6.45, 7) is 1.77. The number of carbonyl (C=O) groups excluding carboxylic acids is 2. The van der Waals surface area contributed by atoms with Gasteiger partial charge in [0.2, 0.25) is 0 Å². The molecule has 0 heterocycles. The molecule has 7 heteroatoms. The molecular formula is C18H19BrN2O4. The van der Waals surface area contributed by atoms with E-state index in [2.05, 4.69) is 21.2 Å². The molecule has 132 valence electrons. The topological polar surface area (TPSA) is 90.6 Å². The van der Waals surface area contributed by atoms with Crippen molar-refractivity contribution in [2.45, 2.75) is 19.6 Å². The summed E-state index contributed by atoms with van der Waals surface area (Å²) in [6, 6.07) is 12.2. The van der Waals surface area contributed by atoms with Crippen LogP contribution in [0.2, 0.25) is 0 Å². The number of ether oxygens (including phenoxy) is 2. The lowest BCUT2D eigenvalue weighted by molar-refractivity contribution is -0.129. The third kappa shape index (κ3) is 4.96. The molecule has 1 unspecified atom stereocenters. The molecule has 0 aliphatic rings. The molecule has 0 saturated heterocycles. The summed E-state index contributed by atoms with van der Waals surface area (Å²) in [5, 5.41) is 2.72. The van der Waals surface area contributed by atoms with E-state index >= 15 is 0 Å². The summed E-state index contributed by atoms with van der Waals surface area (Å²) >= 11 is 3.27. The number of amides is 1. The first-order valence-electron chi connectivity index (χ1n) is 7.58. The highest BCUT2D eigenvalue weighted by Crippen LogP contribution is 2.20. The van der Waals surface area contributed by atoms with E-state index in [0.29, 0.717) is 10.2 Å². The highest BCUT2D eigenvalue weighted by molar-refractivity contribution is 9.10. The Morgan fingerprint density at radius 3 is 2.68 bits per heavy atom. The second-order valence-corrected chi connectivity index (χ2v) is 6.22. The van der Waals surface area contributed by atoms with Crippen LogP contribution in [0, 0.1) is 0 Å². The van der Waals surface area contributed by atoms with Crippen molar-refractivity contribution in [2.75, 3.05) is 12.8 Å². The number of carbonyl (C=O) groups is 2. The van der Waals surface area contributed by atoms with Gasteiger partial charge in [0.1, 0.15) is 5.75 Å². The van der Waals surface area contributed by atoms with E-state index in [0.717, 1.165) is 5.56 Å². The van der Waals surface area contributed by atoms with Crippen LogP contribution in [0.1, 0.15) is 22.8 Å². The fourth-order valence-electron chi connectivity index (χ4n) is 2.16. The molecule has 2 aromatic carbocycles. The molecule has 1 amide bonds. The number of para-hydroxylation sites is 1. The van der Waals surface area contributed by atoms with Crippen LogP contribution < -0.4 is 15.8 Å². The summed E-state index contributed by atoms with van der Waals surface area (Å²) in [4.78, 5) is 24.3. The van der Waals surface area contributed by atoms with Crippen LogP contribution in [0.3, 0.4) is 0 Å². The van der Waals surface area contributed by atoms with Gasteiger partial charge in [-0.1, -0.05) is 34.1 Å². The Kier molecular flexibility index (Phi) is 6.41. The number of hydrogen-bond acceptors (Lipinski definition) is 5. The number of nitrogens with two attached hydrogens (primary N) is 1. The lowest BCUT2D eigenvalue weighted by Crippen LogP contribution is -2.35. The zero-order valence-electron chi connectivity index (χ0n) is 13.9. The van der Waals surface area contributed by atoms with E-state index in [9.17, 15) is 9.59 Å². The van der Waals surface area contributed by atoms with Crippen LogP contribution in [0.15, 0.2) is 46.9 Å². The molecule has 0 bridgehead atoms. The van der Waals surface area contributed by atoms with Crippen molar-refractivity contribution in [1.29, 1.82) is 0 Å². The molecule has 0 saturated carbocycles. The summed E-state index contributed by atoms with van der Waals surface area (Å²) < 4.78 is 11.1. The second kappa shape index (κ2) is 8.53. The van der Waals surface area contributed by atoms with E-state index in [1.54, 1.807) is 31.4 Å². The number of nitrogens with one attached hydrogen (secondary N) is 1. The van der Waals surface area contributed by atoms with Crippen molar-refractivity contribution >= 4 is 33.5 Å². The quantitative estimate of drug-likeness (QED) is 0.568. The zero-order valence-corrected chi connectivity index (χ0v) is 15.5. The van der Waals surface area contributed by atoms with Crippen LogP contribution in [-0.2, 0) is 16.1 Å². The Bertz CT molecular complexity index is 779. The Hall–Kier alpha value is -2.54. The molecule has 2 aromatic rings. The van der Waals surface area contributed by atoms with Gasteiger partial charge < -0.3 is 20.5 Å². The number of nitrogen functional groups attached to an aromatic ring is 1. The predicted octanol–water partition coefficient (Wildman–Crippen LogP) is 2.90. The molecule has 3 N–H and O–H groups in total. The number of rotatable bonds is 6. The molecule has 0 aromatic heterocycles. The van der Waals surface area contributed by atoms with Gasteiger partial charge in [-0.25, -0.2) is 4.79 Å². The maximum Gasteiger partial charge on any atom is 0.341 e. The van der Waals surface area contributed by atoms with Crippen molar-refractivity contribution in [2.24, 2.45) is 0 Å². The summed E-state index contributed by atoms with van der Waals surface area (Å²) in [7, 11) is 1.56. The maximum absolute atomic E-state index is 12.2. The highest BCUT2D eigenvalue weighted by atomic mass is 79.9. The zero-order chi connectivity index (χ0) is 18.4. The average Bonchev–Trinajstić information content (AvgIpc) is 2.61. The largest absolute Gasteiger partial charge is 0.496 e. The van der Waals surface area contributed by atoms with Gasteiger partial charge in [-0.15, -0.1) is 0 Å². The Morgan fingerprint density at radius 1 is 1.24 bits per heavy atom.